The number of para-hydroxylation sites is 1. The summed E-state index contributed by atoms with van der Waals surface area (Å²) in [5.41, 5.74) is 3.61. The Morgan fingerprint density at radius 3 is 2.71 bits per heavy atom. The van der Waals surface area contributed by atoms with Crippen LogP contribution in [0.15, 0.2) is 39.7 Å². The minimum Gasteiger partial charge on any atom is -0.308 e. The first kappa shape index (κ1) is 14.2. The van der Waals surface area contributed by atoms with Crippen LogP contribution in [0.2, 0.25) is 0 Å². The van der Waals surface area contributed by atoms with Crippen LogP contribution in [-0.4, -0.2) is 15.0 Å². The molecule has 0 radical (unpaired) electrons. The van der Waals surface area contributed by atoms with Gasteiger partial charge in [-0.3, -0.25) is 0 Å². The Bertz CT molecular complexity index is 736. The summed E-state index contributed by atoms with van der Waals surface area (Å²) in [5.74, 6) is 7.12. The van der Waals surface area contributed by atoms with Crippen LogP contribution in [0.5, 0.6) is 0 Å². The van der Waals surface area contributed by atoms with E-state index in [1.54, 1.807) is 11.3 Å². The van der Waals surface area contributed by atoms with Crippen molar-refractivity contribution in [2.24, 2.45) is 5.84 Å². The van der Waals surface area contributed by atoms with Gasteiger partial charge in [-0.1, -0.05) is 26.0 Å². The van der Waals surface area contributed by atoms with Gasteiger partial charge >= 0.3 is 0 Å². The molecule has 5 nitrogen and oxygen atoms in total. The normalized spacial score (nSPS) is 11.2. The van der Waals surface area contributed by atoms with E-state index in [9.17, 15) is 0 Å². The zero-order valence-corrected chi connectivity index (χ0v) is 13.3. The molecular formula is C14H15N5S2. The number of hydrogen-bond donors (Lipinski definition) is 2. The standard InChI is InChI=1S/C14H15N5S2/c1-8(2)13-17-11(19-15)7-12(18-13)21-14-16-9-5-3-4-6-10(9)20-14/h3-8H,15H2,1-2H3,(H,17,18,19). The van der Waals surface area contributed by atoms with Crippen LogP contribution in [0.3, 0.4) is 0 Å². The number of nitrogens with zero attached hydrogens (tertiary/aromatic N) is 3. The summed E-state index contributed by atoms with van der Waals surface area (Å²) in [6.07, 6.45) is 0. The third-order valence-corrected chi connectivity index (χ3v) is 4.87. The maximum atomic E-state index is 5.48. The molecule has 0 saturated carbocycles. The molecule has 7 heteroatoms. The van der Waals surface area contributed by atoms with Crippen molar-refractivity contribution in [3.8, 4) is 0 Å². The van der Waals surface area contributed by atoms with E-state index in [1.807, 2.05) is 24.3 Å². The summed E-state index contributed by atoms with van der Waals surface area (Å²) in [6.45, 7) is 4.11. The van der Waals surface area contributed by atoms with E-state index < -0.39 is 0 Å². The number of hydrogen-bond acceptors (Lipinski definition) is 7. The van der Waals surface area contributed by atoms with Crippen LogP contribution < -0.4 is 11.3 Å². The molecule has 0 bridgehead atoms. The fourth-order valence-corrected chi connectivity index (χ4v) is 3.83. The average molecular weight is 317 g/mol. The van der Waals surface area contributed by atoms with Gasteiger partial charge in [-0.25, -0.2) is 20.8 Å². The molecule has 0 spiro atoms. The maximum Gasteiger partial charge on any atom is 0.157 e. The second kappa shape index (κ2) is 5.97. The highest BCUT2D eigenvalue weighted by Crippen LogP contribution is 2.34. The van der Waals surface area contributed by atoms with E-state index >= 15 is 0 Å². The Morgan fingerprint density at radius 2 is 2.00 bits per heavy atom. The second-order valence-corrected chi connectivity index (χ2v) is 7.10. The van der Waals surface area contributed by atoms with Gasteiger partial charge in [0.2, 0.25) is 0 Å². The fourth-order valence-electron chi connectivity index (χ4n) is 1.81. The zero-order chi connectivity index (χ0) is 14.8. The number of hydrazine groups is 1. The molecule has 0 fully saturated rings. The maximum absolute atomic E-state index is 5.48. The van der Waals surface area contributed by atoms with Crippen LogP contribution in [0, 0.1) is 0 Å². The van der Waals surface area contributed by atoms with Gasteiger partial charge in [0.05, 0.1) is 10.2 Å². The van der Waals surface area contributed by atoms with Crippen molar-refractivity contribution in [2.75, 3.05) is 5.43 Å². The van der Waals surface area contributed by atoms with Crippen molar-refractivity contribution in [2.45, 2.75) is 29.1 Å². The lowest BCUT2D eigenvalue weighted by Gasteiger charge is -2.08. The molecule has 2 heterocycles. The van der Waals surface area contributed by atoms with Gasteiger partial charge in [-0.2, -0.15) is 0 Å². The highest BCUT2D eigenvalue weighted by Gasteiger charge is 2.11. The SMILES string of the molecule is CC(C)c1nc(NN)cc(Sc2nc3ccccc3s2)n1. The first-order valence-electron chi connectivity index (χ1n) is 6.54. The Balaban J connectivity index is 1.94. The molecule has 0 unspecified atom stereocenters. The number of nitrogens with two attached hydrogens (primary N) is 1. The highest BCUT2D eigenvalue weighted by atomic mass is 32.2. The number of thiazole rings is 1. The van der Waals surface area contributed by atoms with Crippen LogP contribution in [0.4, 0.5) is 5.82 Å². The molecule has 0 aliphatic carbocycles. The quantitative estimate of drug-likeness (QED) is 0.434. The summed E-state index contributed by atoms with van der Waals surface area (Å²) < 4.78 is 2.14. The summed E-state index contributed by atoms with van der Waals surface area (Å²) in [7, 11) is 0. The minimum atomic E-state index is 0.244. The number of anilines is 1. The predicted molar refractivity (Wildman–Crippen MR) is 87.7 cm³/mol. The van der Waals surface area contributed by atoms with E-state index in [4.69, 9.17) is 5.84 Å². The van der Waals surface area contributed by atoms with Crippen molar-refractivity contribution in [3.63, 3.8) is 0 Å². The summed E-state index contributed by atoms with van der Waals surface area (Å²) >= 11 is 3.19. The zero-order valence-electron chi connectivity index (χ0n) is 11.7. The van der Waals surface area contributed by atoms with Gasteiger partial charge in [0.15, 0.2) is 4.34 Å². The topological polar surface area (TPSA) is 76.7 Å². The van der Waals surface area contributed by atoms with Crippen molar-refractivity contribution in [1.82, 2.24) is 15.0 Å². The van der Waals surface area contributed by atoms with Gasteiger partial charge in [-0.15, -0.1) is 11.3 Å². The Kier molecular flexibility index (Phi) is 4.05. The average Bonchev–Trinajstić information content (AvgIpc) is 2.88. The molecule has 3 rings (SSSR count). The highest BCUT2D eigenvalue weighted by molar-refractivity contribution is 8.01. The molecule has 3 N–H and O–H groups in total. The van der Waals surface area contributed by atoms with Crippen LogP contribution in [0.1, 0.15) is 25.6 Å². The van der Waals surface area contributed by atoms with Crippen LogP contribution >= 0.6 is 23.1 Å². The predicted octanol–water partition coefficient (Wildman–Crippen LogP) is 3.65. The first-order chi connectivity index (χ1) is 10.2. The Morgan fingerprint density at radius 1 is 1.19 bits per heavy atom. The summed E-state index contributed by atoms with van der Waals surface area (Å²) in [4.78, 5) is 13.5. The van der Waals surface area contributed by atoms with Crippen molar-refractivity contribution in [1.29, 1.82) is 0 Å². The smallest absolute Gasteiger partial charge is 0.157 e. The van der Waals surface area contributed by atoms with Crippen molar-refractivity contribution in [3.05, 3.63) is 36.2 Å². The summed E-state index contributed by atoms with van der Waals surface area (Å²) in [5, 5.41) is 0.848. The molecule has 2 aromatic heterocycles. The van der Waals surface area contributed by atoms with E-state index in [0.29, 0.717) is 5.82 Å². The molecule has 0 aliphatic rings. The molecule has 3 aromatic rings. The fraction of sp³-hybridized carbons (Fsp3) is 0.214. The van der Waals surface area contributed by atoms with Crippen LogP contribution in [0.25, 0.3) is 10.2 Å². The number of aromatic nitrogens is 3. The third kappa shape index (κ3) is 3.15. The number of rotatable bonds is 4. The third-order valence-electron chi connectivity index (χ3n) is 2.85. The molecule has 108 valence electrons. The number of nitrogens with one attached hydrogen (secondary N) is 1. The monoisotopic (exact) mass is 317 g/mol. The lowest BCUT2D eigenvalue weighted by molar-refractivity contribution is 0.754. The Labute approximate surface area is 131 Å². The summed E-state index contributed by atoms with van der Waals surface area (Å²) in [6, 6.07) is 9.94. The molecule has 1 aromatic carbocycles. The lowest BCUT2D eigenvalue weighted by atomic mass is 10.2. The van der Waals surface area contributed by atoms with Crippen molar-refractivity contribution >= 4 is 39.1 Å². The number of benzene rings is 1. The van der Waals surface area contributed by atoms with Crippen molar-refractivity contribution < 1.29 is 0 Å². The Hall–Kier alpha value is -1.70. The van der Waals surface area contributed by atoms with E-state index in [-0.39, 0.29) is 5.92 Å². The van der Waals surface area contributed by atoms with Crippen LogP contribution in [-0.2, 0) is 0 Å². The first-order valence-corrected chi connectivity index (χ1v) is 8.18. The molecule has 0 amide bonds. The van der Waals surface area contributed by atoms with Gasteiger partial charge in [0.1, 0.15) is 16.7 Å². The number of nitrogen functional groups attached to an aromatic ring is 1. The molecule has 0 atom stereocenters. The van der Waals surface area contributed by atoms with E-state index in [2.05, 4.69) is 40.3 Å². The minimum absolute atomic E-state index is 0.244. The molecule has 0 saturated heterocycles. The lowest BCUT2D eigenvalue weighted by Crippen LogP contribution is -2.11. The van der Waals surface area contributed by atoms with E-state index in [1.165, 1.54) is 16.5 Å². The van der Waals surface area contributed by atoms with Gasteiger partial charge in [-0.05, 0) is 23.9 Å². The van der Waals surface area contributed by atoms with Gasteiger partial charge in [0.25, 0.3) is 0 Å². The van der Waals surface area contributed by atoms with Gasteiger partial charge < -0.3 is 5.43 Å². The molecular weight excluding hydrogens is 302 g/mol. The second-order valence-electron chi connectivity index (χ2n) is 4.80. The number of fused-ring (bicyclic) bond motifs is 1. The largest absolute Gasteiger partial charge is 0.308 e. The molecule has 21 heavy (non-hydrogen) atoms. The van der Waals surface area contributed by atoms with E-state index in [0.717, 1.165) is 20.7 Å². The molecule has 0 aliphatic heterocycles. The van der Waals surface area contributed by atoms with Gasteiger partial charge in [0, 0.05) is 12.0 Å².